The van der Waals surface area contributed by atoms with E-state index in [1.165, 1.54) is 16.4 Å². The number of likely N-dealkylation sites (tertiary alicyclic amines) is 1. The maximum Gasteiger partial charge on any atom is 0.304 e. The van der Waals surface area contributed by atoms with Gasteiger partial charge in [-0.05, 0) is 91.1 Å². The van der Waals surface area contributed by atoms with Crippen LogP contribution in [0.25, 0.3) is 16.9 Å². The lowest BCUT2D eigenvalue weighted by molar-refractivity contribution is -0.162. The summed E-state index contributed by atoms with van der Waals surface area (Å²) < 4.78 is 48.3. The maximum atomic E-state index is 15.7. The Balaban J connectivity index is 0.676. The Kier molecular flexibility index (Phi) is 17.8. The number of unbranched alkanes of at least 4 members (excludes halogenated alkanes) is 1. The number of aromatic amines is 1. The number of carbonyl (C=O) groups excluding carboxylic acids is 4. The van der Waals surface area contributed by atoms with Crippen molar-refractivity contribution >= 4 is 80.0 Å². The molecule has 1 saturated carbocycles. The van der Waals surface area contributed by atoms with Crippen LogP contribution in [0.5, 0.6) is 0 Å². The van der Waals surface area contributed by atoms with Crippen molar-refractivity contribution in [3.8, 4) is 11.3 Å². The number of imidazole rings is 1. The molecule has 4 aliphatic rings. The molecular formula is C60H71Cl2FN12O8S. The highest BCUT2D eigenvalue weighted by Gasteiger charge is 2.55. The van der Waals surface area contributed by atoms with Gasteiger partial charge in [0.25, 0.3) is 5.91 Å². The normalized spacial score (nSPS) is 20.5. The summed E-state index contributed by atoms with van der Waals surface area (Å²) in [6, 6.07) is 17.1. The summed E-state index contributed by atoms with van der Waals surface area (Å²) >= 11 is 12.9. The molecule has 3 aromatic carbocycles. The number of hydrogen-bond donors (Lipinski definition) is 4. The second kappa shape index (κ2) is 24.9. The van der Waals surface area contributed by atoms with E-state index in [1.54, 1.807) is 70.5 Å². The molecule has 0 bridgehead atoms. The van der Waals surface area contributed by atoms with E-state index in [1.807, 2.05) is 60.5 Å². The third kappa shape index (κ3) is 13.6. The van der Waals surface area contributed by atoms with Gasteiger partial charge in [0.15, 0.2) is 11.5 Å². The summed E-state index contributed by atoms with van der Waals surface area (Å²) in [5.74, 6) is -2.99. The van der Waals surface area contributed by atoms with E-state index >= 15 is 9.18 Å². The number of piperazine rings is 2. The first-order valence-corrected chi connectivity index (χ1v) is 30.9. The van der Waals surface area contributed by atoms with E-state index in [-0.39, 0.29) is 74.5 Å². The first-order chi connectivity index (χ1) is 40.0. The zero-order valence-corrected chi connectivity index (χ0v) is 49.9. The molecule has 6 aromatic rings. The van der Waals surface area contributed by atoms with Crippen molar-refractivity contribution in [1.29, 1.82) is 0 Å². The number of piperidine rings is 1. The zero-order chi connectivity index (χ0) is 59.7. The number of fused-ring (bicyclic) bond motifs is 1. The third-order valence-electron chi connectivity index (χ3n) is 16.8. The van der Waals surface area contributed by atoms with Crippen LogP contribution in [0.4, 0.5) is 15.9 Å². The number of carboxylic acid groups (broad SMARTS) is 1. The van der Waals surface area contributed by atoms with Gasteiger partial charge in [0.1, 0.15) is 5.82 Å². The van der Waals surface area contributed by atoms with Crippen LogP contribution in [-0.2, 0) is 29.2 Å². The summed E-state index contributed by atoms with van der Waals surface area (Å²) in [5.41, 5.74) is 2.75. The fraction of sp³-hybridized carbons (Fsp3) is 0.467. The topological polar surface area (TPSA) is 239 Å². The van der Waals surface area contributed by atoms with Gasteiger partial charge in [-0.3, -0.25) is 38.4 Å². The van der Waals surface area contributed by atoms with Crippen LogP contribution in [0.15, 0.2) is 91.5 Å². The van der Waals surface area contributed by atoms with Crippen molar-refractivity contribution in [3.05, 3.63) is 130 Å². The minimum Gasteiger partial charge on any atom is -0.481 e. The van der Waals surface area contributed by atoms with Crippen molar-refractivity contribution in [3.63, 3.8) is 0 Å². The van der Waals surface area contributed by atoms with Crippen LogP contribution in [0.3, 0.4) is 0 Å². The Labute approximate surface area is 498 Å². The van der Waals surface area contributed by atoms with Crippen LogP contribution >= 0.6 is 23.2 Å². The molecule has 0 radical (unpaired) electrons. The Hall–Kier alpha value is -6.98. The highest BCUT2D eigenvalue weighted by molar-refractivity contribution is 7.89. The number of H-pyrrole nitrogens is 1. The number of sulfonamides is 1. The smallest absolute Gasteiger partial charge is 0.304 e. The molecule has 3 aromatic heterocycles. The molecule has 4 atom stereocenters. The number of amides is 4. The quantitative estimate of drug-likeness (QED) is 0.0526. The number of carbonyl (C=O) groups is 5. The van der Waals surface area contributed by atoms with Gasteiger partial charge in [0.2, 0.25) is 27.7 Å². The van der Waals surface area contributed by atoms with E-state index in [0.717, 1.165) is 35.4 Å². The molecule has 446 valence electrons. The number of carboxylic acids is 1. The number of nitrogens with one attached hydrogen (secondary N) is 3. The maximum absolute atomic E-state index is 15.7. The summed E-state index contributed by atoms with van der Waals surface area (Å²) in [6.45, 7) is 9.86. The standard InChI is InChI=1S/C60H71Cl2FN12O8S/c1-59(2,3)50(75-54(39-13-16-43(61)17-14-39)45(40-8-7-9-44(62)28-40)30-60(4,58(75)81)31-53(78)79)37-84(82,83)73-26-24-71(25-27-73)52(77)10-5-6-19-64-51(76)36-70-20-22-72(23-21-70)57(80)41-15-18-47(46(63)29-41)68-55-56-65-34-49(42-32-66-67-33-42)74(56)35-48(69-55)38-11-12-38/h7-9,13-18,28-29,32-35,38,45,50,54H,5-6,10-12,19-27,30-31,36-37H2,1-4H3,(H,64,76)(H,66,67)(H,68,69)(H,78,79)/t45-,50-,54-,60-/m1/s1. The lowest BCUT2D eigenvalue weighted by Gasteiger charge is -2.54. The molecule has 10 rings (SSSR count). The van der Waals surface area contributed by atoms with Crippen LogP contribution in [0.2, 0.25) is 10.0 Å². The van der Waals surface area contributed by atoms with Crippen LogP contribution < -0.4 is 10.6 Å². The van der Waals surface area contributed by atoms with E-state index < -0.39 is 68.7 Å². The number of nitrogens with zero attached hydrogens (tertiary/aromatic N) is 9. The molecule has 3 saturated heterocycles. The Morgan fingerprint density at radius 1 is 0.893 bits per heavy atom. The highest BCUT2D eigenvalue weighted by atomic mass is 35.5. The predicted octanol–water partition coefficient (Wildman–Crippen LogP) is 8.36. The molecular weight excluding hydrogens is 1140 g/mol. The lowest BCUT2D eigenvalue weighted by atomic mass is 9.66. The minimum absolute atomic E-state index is 0.0590. The summed E-state index contributed by atoms with van der Waals surface area (Å²) in [5, 5.41) is 24.0. The van der Waals surface area contributed by atoms with Gasteiger partial charge in [-0.1, -0.05) is 75.2 Å². The van der Waals surface area contributed by atoms with Crippen molar-refractivity contribution in [2.75, 3.05) is 76.5 Å². The fourth-order valence-electron chi connectivity index (χ4n) is 12.0. The molecule has 4 N–H and O–H groups in total. The largest absolute Gasteiger partial charge is 0.481 e. The van der Waals surface area contributed by atoms with Crippen molar-refractivity contribution in [2.45, 2.75) is 96.6 Å². The van der Waals surface area contributed by atoms with Gasteiger partial charge in [-0.15, -0.1) is 0 Å². The highest BCUT2D eigenvalue weighted by Crippen LogP contribution is 2.54. The molecule has 24 heteroatoms. The Morgan fingerprint density at radius 3 is 2.27 bits per heavy atom. The summed E-state index contributed by atoms with van der Waals surface area (Å²) in [4.78, 5) is 83.8. The van der Waals surface area contributed by atoms with Gasteiger partial charge in [-0.2, -0.15) is 9.40 Å². The number of anilines is 2. The van der Waals surface area contributed by atoms with Crippen LogP contribution in [0.1, 0.15) is 118 Å². The predicted molar refractivity (Wildman–Crippen MR) is 317 cm³/mol. The van der Waals surface area contributed by atoms with Gasteiger partial charge in [0, 0.05) is 111 Å². The third-order valence-corrected chi connectivity index (χ3v) is 19.1. The second-order valence-corrected chi connectivity index (χ2v) is 26.8. The van der Waals surface area contributed by atoms with E-state index in [0.29, 0.717) is 78.6 Å². The first-order valence-electron chi connectivity index (χ1n) is 28.6. The number of rotatable bonds is 20. The number of aromatic nitrogens is 5. The van der Waals surface area contributed by atoms with Crippen molar-refractivity contribution < 1.29 is 41.9 Å². The first kappa shape index (κ1) is 60.2. The molecule has 4 amide bonds. The molecule has 20 nitrogen and oxygen atoms in total. The average Bonchev–Trinajstić information content (AvgIpc) is 1.88. The summed E-state index contributed by atoms with van der Waals surface area (Å²) in [6.07, 6.45) is 10.2. The number of aliphatic carboxylic acids is 1. The van der Waals surface area contributed by atoms with E-state index in [2.05, 4.69) is 25.8 Å². The van der Waals surface area contributed by atoms with Gasteiger partial charge < -0.3 is 30.4 Å². The lowest BCUT2D eigenvalue weighted by Crippen LogP contribution is -2.61. The molecule has 0 spiro atoms. The molecule has 1 aliphatic carbocycles. The van der Waals surface area contributed by atoms with Gasteiger partial charge in [0.05, 0.1) is 65.7 Å². The second-order valence-electron chi connectivity index (χ2n) is 24.0. The molecule has 4 fully saturated rings. The monoisotopic (exact) mass is 1210 g/mol. The zero-order valence-electron chi connectivity index (χ0n) is 47.6. The molecule has 0 unspecified atom stereocenters. The van der Waals surface area contributed by atoms with Crippen LogP contribution in [0, 0.1) is 16.6 Å². The molecule has 6 heterocycles. The van der Waals surface area contributed by atoms with Gasteiger partial charge >= 0.3 is 5.97 Å². The van der Waals surface area contributed by atoms with Gasteiger partial charge in [-0.25, -0.2) is 22.8 Å². The van der Waals surface area contributed by atoms with Crippen molar-refractivity contribution in [2.24, 2.45) is 10.8 Å². The number of benzene rings is 3. The molecule has 3 aliphatic heterocycles. The molecule has 84 heavy (non-hydrogen) atoms. The Morgan fingerprint density at radius 2 is 1.62 bits per heavy atom. The average molecular weight is 1210 g/mol. The summed E-state index contributed by atoms with van der Waals surface area (Å²) in [7, 11) is -4.07. The fourth-order valence-corrected chi connectivity index (χ4v) is 14.3. The van der Waals surface area contributed by atoms with E-state index in [9.17, 15) is 32.7 Å². The SMILES string of the molecule is CC(C)(C)[C@@H](CS(=O)(=O)N1CCN(C(=O)CCCCNC(=O)CN2CCN(C(=O)c3ccc(Nc4nc(C5CC5)cn5c(-c6cn[nH]c6)cnc45)c(F)c3)CC2)CC1)N1C(=O)[C@@](C)(CC(=O)O)C[C@H](c2cccc(Cl)c2)[C@H]1c1ccc(Cl)cc1. The van der Waals surface area contributed by atoms with E-state index in [4.69, 9.17) is 28.2 Å². The Bertz CT molecular complexity index is 3530. The van der Waals surface area contributed by atoms with Crippen molar-refractivity contribution in [1.82, 2.24) is 53.8 Å². The van der Waals surface area contributed by atoms with Crippen LogP contribution in [-0.4, -0.2) is 169 Å². The number of halogens is 3. The minimum atomic E-state index is -4.07. The number of hydrogen-bond acceptors (Lipinski definition) is 12.